The van der Waals surface area contributed by atoms with Gasteiger partial charge in [0.25, 0.3) is 5.91 Å². The standard InChI is InChI=1S/C21H23N5O5S2/c1-23-19(27)12-31-20(28)18(10-13-11-24-17-5-3-2-4-16(13)17)26-21(32)25-14-6-8-15(9-7-14)33(22,29)30/h2-9,11,18,24H,10,12H2,1H3,(H,23,27)(H2,22,29,30)(H2,25,26,32)/t18-/m0/s1. The first-order valence-corrected chi connectivity index (χ1v) is 11.8. The Morgan fingerprint density at radius 1 is 1.15 bits per heavy atom. The van der Waals surface area contributed by atoms with E-state index >= 15 is 0 Å². The van der Waals surface area contributed by atoms with Crippen molar-refractivity contribution in [1.29, 1.82) is 0 Å². The summed E-state index contributed by atoms with van der Waals surface area (Å²) in [5.41, 5.74) is 2.27. The van der Waals surface area contributed by atoms with Gasteiger partial charge in [0.1, 0.15) is 6.04 Å². The number of ether oxygens (including phenoxy) is 1. The van der Waals surface area contributed by atoms with E-state index in [1.165, 1.54) is 31.3 Å². The summed E-state index contributed by atoms with van der Waals surface area (Å²) in [6, 6.07) is 12.4. The molecule has 3 aromatic rings. The van der Waals surface area contributed by atoms with Crippen molar-refractivity contribution >= 4 is 55.8 Å². The number of nitrogens with one attached hydrogen (secondary N) is 4. The SMILES string of the molecule is CNC(=O)COC(=O)[C@H](Cc1c[nH]c2ccccc12)NC(=S)Nc1ccc(S(N)(=O)=O)cc1. The van der Waals surface area contributed by atoms with Crippen molar-refractivity contribution in [1.82, 2.24) is 15.6 Å². The summed E-state index contributed by atoms with van der Waals surface area (Å²) in [4.78, 5) is 27.3. The summed E-state index contributed by atoms with van der Waals surface area (Å²) in [6.45, 7) is -0.420. The molecular formula is C21H23N5O5S2. The normalized spacial score (nSPS) is 12.1. The van der Waals surface area contributed by atoms with Crippen LogP contribution in [0.15, 0.2) is 59.6 Å². The smallest absolute Gasteiger partial charge is 0.329 e. The zero-order chi connectivity index (χ0) is 24.0. The molecule has 0 saturated heterocycles. The number of likely N-dealkylation sites (N-methyl/N-ethyl adjacent to an activating group) is 1. The fourth-order valence-corrected chi connectivity index (χ4v) is 3.85. The number of hydrogen-bond acceptors (Lipinski definition) is 6. The summed E-state index contributed by atoms with van der Waals surface area (Å²) < 4.78 is 27.9. The topological polar surface area (TPSA) is 155 Å². The van der Waals surface area contributed by atoms with E-state index in [4.69, 9.17) is 22.1 Å². The van der Waals surface area contributed by atoms with Gasteiger partial charge in [-0.15, -0.1) is 0 Å². The molecule has 2 aromatic carbocycles. The van der Waals surface area contributed by atoms with Crippen LogP contribution in [0.25, 0.3) is 10.9 Å². The fourth-order valence-electron chi connectivity index (χ4n) is 3.08. The number of sulfonamides is 1. The molecule has 0 aliphatic heterocycles. The molecule has 1 atom stereocenters. The summed E-state index contributed by atoms with van der Waals surface area (Å²) in [7, 11) is -2.37. The molecule has 0 bridgehead atoms. The Bertz CT molecular complexity index is 1270. The Labute approximate surface area is 195 Å². The number of nitrogens with two attached hydrogens (primary N) is 1. The summed E-state index contributed by atoms with van der Waals surface area (Å²) >= 11 is 5.33. The van der Waals surface area contributed by atoms with E-state index in [-0.39, 0.29) is 16.4 Å². The second kappa shape index (κ2) is 10.4. The van der Waals surface area contributed by atoms with Gasteiger partial charge in [-0.1, -0.05) is 18.2 Å². The van der Waals surface area contributed by atoms with Gasteiger partial charge in [0, 0.05) is 36.3 Å². The van der Waals surface area contributed by atoms with Crippen LogP contribution in [0.2, 0.25) is 0 Å². The van der Waals surface area contributed by atoms with Gasteiger partial charge in [-0.05, 0) is 48.1 Å². The zero-order valence-corrected chi connectivity index (χ0v) is 19.3. The summed E-state index contributed by atoms with van der Waals surface area (Å²) in [6.07, 6.45) is 2.04. The lowest BCUT2D eigenvalue weighted by atomic mass is 10.1. The van der Waals surface area contributed by atoms with E-state index in [1.54, 1.807) is 6.20 Å². The van der Waals surface area contributed by atoms with Crippen molar-refractivity contribution in [2.24, 2.45) is 5.14 Å². The molecule has 0 saturated carbocycles. The van der Waals surface area contributed by atoms with E-state index in [1.807, 2.05) is 24.3 Å². The van der Waals surface area contributed by atoms with E-state index in [0.29, 0.717) is 5.69 Å². The highest BCUT2D eigenvalue weighted by Crippen LogP contribution is 2.20. The lowest BCUT2D eigenvalue weighted by molar-refractivity contribution is -0.150. The van der Waals surface area contributed by atoms with E-state index in [0.717, 1.165) is 16.5 Å². The monoisotopic (exact) mass is 489 g/mol. The fraction of sp³-hybridized carbons (Fsp3) is 0.190. The molecule has 33 heavy (non-hydrogen) atoms. The molecule has 174 valence electrons. The zero-order valence-electron chi connectivity index (χ0n) is 17.6. The van der Waals surface area contributed by atoms with E-state index < -0.39 is 34.5 Å². The van der Waals surface area contributed by atoms with Crippen LogP contribution in [0, 0.1) is 0 Å². The van der Waals surface area contributed by atoms with Crippen molar-refractivity contribution in [2.75, 3.05) is 19.0 Å². The average Bonchev–Trinajstić information content (AvgIpc) is 3.19. The number of carbonyl (C=O) groups excluding carboxylic acids is 2. The van der Waals surface area contributed by atoms with Crippen molar-refractivity contribution in [3.05, 3.63) is 60.3 Å². The molecule has 1 aromatic heterocycles. The van der Waals surface area contributed by atoms with Crippen LogP contribution in [-0.2, 0) is 30.8 Å². The number of esters is 1. The lowest BCUT2D eigenvalue weighted by Crippen LogP contribution is -2.45. The van der Waals surface area contributed by atoms with E-state index in [9.17, 15) is 18.0 Å². The molecule has 0 unspecified atom stereocenters. The molecule has 6 N–H and O–H groups in total. The molecule has 0 aliphatic rings. The van der Waals surface area contributed by atoms with Crippen molar-refractivity contribution < 1.29 is 22.7 Å². The first kappa shape index (κ1) is 24.2. The maximum Gasteiger partial charge on any atom is 0.329 e. The summed E-state index contributed by atoms with van der Waals surface area (Å²) in [5.74, 6) is -1.09. The minimum absolute atomic E-state index is 0.0399. The second-order valence-electron chi connectivity index (χ2n) is 7.06. The van der Waals surface area contributed by atoms with Crippen LogP contribution >= 0.6 is 12.2 Å². The molecule has 1 amide bonds. The maximum atomic E-state index is 12.7. The highest BCUT2D eigenvalue weighted by Gasteiger charge is 2.24. The molecule has 0 radical (unpaired) electrons. The van der Waals surface area contributed by atoms with Crippen LogP contribution in [0.1, 0.15) is 5.56 Å². The number of rotatable bonds is 8. The first-order chi connectivity index (χ1) is 15.7. The number of fused-ring (bicyclic) bond motifs is 1. The van der Waals surface area contributed by atoms with Gasteiger partial charge >= 0.3 is 5.97 Å². The molecule has 12 heteroatoms. The quantitative estimate of drug-likeness (QED) is 0.232. The first-order valence-electron chi connectivity index (χ1n) is 9.80. The minimum Gasteiger partial charge on any atom is -0.454 e. The van der Waals surface area contributed by atoms with Gasteiger partial charge in [-0.2, -0.15) is 0 Å². The maximum absolute atomic E-state index is 12.7. The number of anilines is 1. The number of thiocarbonyl (C=S) groups is 1. The van der Waals surface area contributed by atoms with Crippen molar-refractivity contribution in [2.45, 2.75) is 17.4 Å². The molecule has 0 aliphatic carbocycles. The van der Waals surface area contributed by atoms with Gasteiger partial charge in [-0.3, -0.25) is 4.79 Å². The molecule has 1 heterocycles. The van der Waals surface area contributed by atoms with Crippen LogP contribution < -0.4 is 21.1 Å². The largest absolute Gasteiger partial charge is 0.454 e. The van der Waals surface area contributed by atoms with Gasteiger partial charge in [0.05, 0.1) is 4.90 Å². The third-order valence-corrected chi connectivity index (χ3v) is 5.90. The Hall–Kier alpha value is -3.48. The third-order valence-electron chi connectivity index (χ3n) is 4.75. The number of para-hydroxylation sites is 1. The number of carbonyl (C=O) groups is 2. The van der Waals surface area contributed by atoms with Crippen LogP contribution in [0.3, 0.4) is 0 Å². The summed E-state index contributed by atoms with van der Waals surface area (Å²) in [5, 5.41) is 14.3. The van der Waals surface area contributed by atoms with Crippen LogP contribution in [0.4, 0.5) is 5.69 Å². The van der Waals surface area contributed by atoms with Gasteiger partial charge in [-0.25, -0.2) is 18.4 Å². The molecule has 0 fully saturated rings. The van der Waals surface area contributed by atoms with Gasteiger partial charge < -0.3 is 25.7 Å². The molecule has 0 spiro atoms. The average molecular weight is 490 g/mol. The molecule has 3 rings (SSSR count). The number of aromatic nitrogens is 1. The number of amides is 1. The van der Waals surface area contributed by atoms with Crippen LogP contribution in [0.5, 0.6) is 0 Å². The highest BCUT2D eigenvalue weighted by molar-refractivity contribution is 7.89. The number of primary sulfonamides is 1. The number of benzene rings is 2. The predicted octanol–water partition coefficient (Wildman–Crippen LogP) is 1.00. The van der Waals surface area contributed by atoms with Gasteiger partial charge in [0.15, 0.2) is 11.7 Å². The van der Waals surface area contributed by atoms with Gasteiger partial charge in [0.2, 0.25) is 10.0 Å². The molecular weight excluding hydrogens is 466 g/mol. The third kappa shape index (κ3) is 6.51. The molecule has 10 nitrogen and oxygen atoms in total. The minimum atomic E-state index is -3.81. The predicted molar refractivity (Wildman–Crippen MR) is 128 cm³/mol. The van der Waals surface area contributed by atoms with E-state index in [2.05, 4.69) is 20.9 Å². The highest BCUT2D eigenvalue weighted by atomic mass is 32.2. The number of hydrogen-bond donors (Lipinski definition) is 5. The number of H-pyrrole nitrogens is 1. The van der Waals surface area contributed by atoms with Crippen molar-refractivity contribution in [3.63, 3.8) is 0 Å². The Morgan fingerprint density at radius 2 is 1.85 bits per heavy atom. The Morgan fingerprint density at radius 3 is 2.52 bits per heavy atom. The Balaban J connectivity index is 1.74. The number of aromatic amines is 1. The lowest BCUT2D eigenvalue weighted by Gasteiger charge is -2.20. The Kier molecular flexibility index (Phi) is 7.63. The van der Waals surface area contributed by atoms with Crippen LogP contribution in [-0.4, -0.2) is 50.1 Å². The second-order valence-corrected chi connectivity index (χ2v) is 9.03. The van der Waals surface area contributed by atoms with Crippen molar-refractivity contribution in [3.8, 4) is 0 Å².